The Morgan fingerprint density at radius 2 is 2.48 bits per heavy atom. The quantitative estimate of drug-likeness (QED) is 0.882. The number of likely N-dealkylation sites (tertiary alicyclic amines) is 1. The van der Waals surface area contributed by atoms with Crippen LogP contribution in [-0.4, -0.2) is 34.5 Å². The number of rotatable bonds is 4. The molecule has 112 valence electrons. The van der Waals surface area contributed by atoms with Gasteiger partial charge in [-0.25, -0.2) is 9.78 Å². The van der Waals surface area contributed by atoms with E-state index >= 15 is 0 Å². The lowest BCUT2D eigenvalue weighted by Crippen LogP contribution is -2.33. The van der Waals surface area contributed by atoms with Crippen molar-refractivity contribution in [1.29, 1.82) is 0 Å². The van der Waals surface area contributed by atoms with Crippen LogP contribution in [-0.2, 0) is 11.3 Å². The zero-order valence-electron chi connectivity index (χ0n) is 12.0. The summed E-state index contributed by atoms with van der Waals surface area (Å²) in [4.78, 5) is 22.5. The van der Waals surface area contributed by atoms with Crippen molar-refractivity contribution in [2.75, 3.05) is 13.7 Å². The van der Waals surface area contributed by atoms with E-state index in [-0.39, 0.29) is 5.97 Å². The Labute approximate surface area is 128 Å². The van der Waals surface area contributed by atoms with Gasteiger partial charge >= 0.3 is 5.97 Å². The fraction of sp³-hybridized carbons (Fsp3) is 0.467. The highest BCUT2D eigenvalue weighted by Gasteiger charge is 2.27. The number of nitrogens with one attached hydrogen (secondary N) is 1. The molecule has 5 nitrogen and oxygen atoms in total. The van der Waals surface area contributed by atoms with Crippen LogP contribution in [0.5, 0.6) is 0 Å². The second-order valence-electron chi connectivity index (χ2n) is 5.22. The zero-order valence-corrected chi connectivity index (χ0v) is 12.9. The summed E-state index contributed by atoms with van der Waals surface area (Å²) < 4.78 is 4.86. The topological polar surface area (TPSA) is 58.2 Å². The molecule has 21 heavy (non-hydrogen) atoms. The molecule has 2 aromatic rings. The van der Waals surface area contributed by atoms with Crippen LogP contribution >= 0.6 is 11.3 Å². The van der Waals surface area contributed by atoms with E-state index in [1.54, 1.807) is 6.20 Å². The maximum Gasteiger partial charge on any atom is 0.348 e. The molecule has 0 unspecified atom stereocenters. The Morgan fingerprint density at radius 3 is 3.24 bits per heavy atom. The molecular formula is C15H19N3O2S. The van der Waals surface area contributed by atoms with Gasteiger partial charge in [-0.15, -0.1) is 11.3 Å². The number of methoxy groups -OCH3 is 1. The number of aromatic amines is 1. The summed E-state index contributed by atoms with van der Waals surface area (Å²) in [5.74, 6) is 0.774. The van der Waals surface area contributed by atoms with Gasteiger partial charge in [0.05, 0.1) is 13.2 Å². The monoisotopic (exact) mass is 305 g/mol. The predicted molar refractivity (Wildman–Crippen MR) is 81.2 cm³/mol. The molecule has 0 saturated carbocycles. The van der Waals surface area contributed by atoms with Gasteiger partial charge in [-0.2, -0.15) is 0 Å². The average Bonchev–Trinajstić information content (AvgIpc) is 3.18. The molecule has 1 aliphatic rings. The third-order valence-corrected chi connectivity index (χ3v) is 4.88. The van der Waals surface area contributed by atoms with Crippen LogP contribution in [0.4, 0.5) is 0 Å². The van der Waals surface area contributed by atoms with E-state index in [2.05, 4.69) is 14.9 Å². The molecule has 3 rings (SSSR count). The van der Waals surface area contributed by atoms with Crippen LogP contribution in [0.1, 0.15) is 46.4 Å². The van der Waals surface area contributed by atoms with Crippen molar-refractivity contribution >= 4 is 17.3 Å². The minimum absolute atomic E-state index is 0.244. The number of H-pyrrole nitrogens is 1. The van der Waals surface area contributed by atoms with E-state index in [0.717, 1.165) is 30.9 Å². The van der Waals surface area contributed by atoms with Crippen molar-refractivity contribution in [3.8, 4) is 0 Å². The second-order valence-corrected chi connectivity index (χ2v) is 6.14. The Kier molecular flexibility index (Phi) is 4.36. The van der Waals surface area contributed by atoms with Crippen molar-refractivity contribution in [3.63, 3.8) is 0 Å². The Balaban J connectivity index is 1.79. The predicted octanol–water partition coefficient (Wildman–Crippen LogP) is 2.99. The lowest BCUT2D eigenvalue weighted by molar-refractivity contribution is 0.0602. The molecule has 0 aliphatic carbocycles. The number of carbonyl (C=O) groups excluding carboxylic acids is 1. The lowest BCUT2D eigenvalue weighted by atomic mass is 10.0. The molecule has 0 amide bonds. The molecular weight excluding hydrogens is 286 g/mol. The van der Waals surface area contributed by atoms with Gasteiger partial charge in [0.15, 0.2) is 0 Å². The van der Waals surface area contributed by atoms with Crippen molar-refractivity contribution in [3.05, 3.63) is 40.1 Å². The maximum absolute atomic E-state index is 11.8. The first kappa shape index (κ1) is 14.3. The lowest BCUT2D eigenvalue weighted by Gasteiger charge is -2.34. The number of nitrogens with zero attached hydrogens (tertiary/aromatic N) is 2. The summed E-state index contributed by atoms with van der Waals surface area (Å²) >= 11 is 1.44. The smallest absolute Gasteiger partial charge is 0.348 e. The molecule has 1 saturated heterocycles. The van der Waals surface area contributed by atoms with Crippen molar-refractivity contribution in [2.45, 2.75) is 31.8 Å². The van der Waals surface area contributed by atoms with Gasteiger partial charge in [0.2, 0.25) is 0 Å². The minimum atomic E-state index is -0.244. The van der Waals surface area contributed by atoms with E-state index < -0.39 is 0 Å². The summed E-state index contributed by atoms with van der Waals surface area (Å²) in [5.41, 5.74) is 1.05. The van der Waals surface area contributed by atoms with Gasteiger partial charge in [-0.05, 0) is 36.4 Å². The van der Waals surface area contributed by atoms with Gasteiger partial charge in [0.1, 0.15) is 10.7 Å². The first-order chi connectivity index (χ1) is 10.3. The fourth-order valence-corrected chi connectivity index (χ4v) is 3.73. The Hall–Kier alpha value is -1.66. The third-order valence-electron chi connectivity index (χ3n) is 3.94. The fourth-order valence-electron chi connectivity index (χ4n) is 2.90. The molecule has 6 heteroatoms. The van der Waals surface area contributed by atoms with Gasteiger partial charge in [-0.3, -0.25) is 4.90 Å². The second kappa shape index (κ2) is 6.41. The normalized spacial score (nSPS) is 19.6. The summed E-state index contributed by atoms with van der Waals surface area (Å²) in [6.07, 6.45) is 7.18. The van der Waals surface area contributed by atoms with Gasteiger partial charge in [0, 0.05) is 18.9 Å². The summed E-state index contributed by atoms with van der Waals surface area (Å²) in [6, 6.07) is 2.32. The molecule has 0 aromatic carbocycles. The van der Waals surface area contributed by atoms with Crippen molar-refractivity contribution in [1.82, 2.24) is 14.9 Å². The highest BCUT2D eigenvalue weighted by molar-refractivity contribution is 7.12. The number of esters is 1. The van der Waals surface area contributed by atoms with Crippen LogP contribution < -0.4 is 0 Å². The highest BCUT2D eigenvalue weighted by atomic mass is 32.1. The van der Waals surface area contributed by atoms with E-state index in [9.17, 15) is 4.79 Å². The Bertz CT molecular complexity index is 594. The standard InChI is InChI=1S/C15H19N3O2S/c1-20-15(19)13-11(5-9-21-13)10-18-8-3-2-4-12(18)14-16-6-7-17-14/h5-7,9,12H,2-4,8,10H2,1H3,(H,16,17)/t12-/m1/s1. The number of imidazole rings is 1. The van der Waals surface area contributed by atoms with Gasteiger partial charge in [-0.1, -0.05) is 6.42 Å². The first-order valence-corrected chi connectivity index (χ1v) is 8.05. The molecule has 1 N–H and O–H groups in total. The van der Waals surface area contributed by atoms with E-state index in [4.69, 9.17) is 4.74 Å². The Morgan fingerprint density at radius 1 is 1.57 bits per heavy atom. The zero-order chi connectivity index (χ0) is 14.7. The van der Waals surface area contributed by atoms with Gasteiger partial charge < -0.3 is 9.72 Å². The SMILES string of the molecule is COC(=O)c1sccc1CN1CCCC[C@@H]1c1ncc[nH]1. The molecule has 0 bridgehead atoms. The number of thiophene rings is 1. The van der Waals surface area contributed by atoms with Crippen LogP contribution in [0.15, 0.2) is 23.8 Å². The summed E-state index contributed by atoms with van der Waals surface area (Å²) in [6.45, 7) is 1.79. The summed E-state index contributed by atoms with van der Waals surface area (Å²) in [5, 5.41) is 1.95. The molecule has 1 fully saturated rings. The largest absolute Gasteiger partial charge is 0.465 e. The minimum Gasteiger partial charge on any atom is -0.465 e. The number of hydrogen-bond acceptors (Lipinski definition) is 5. The highest BCUT2D eigenvalue weighted by Crippen LogP contribution is 2.31. The van der Waals surface area contributed by atoms with E-state index in [1.165, 1.54) is 31.3 Å². The number of aromatic nitrogens is 2. The van der Waals surface area contributed by atoms with Crippen LogP contribution in [0.2, 0.25) is 0 Å². The summed E-state index contributed by atoms with van der Waals surface area (Å²) in [7, 11) is 1.43. The number of hydrogen-bond donors (Lipinski definition) is 1. The molecule has 0 spiro atoms. The van der Waals surface area contributed by atoms with Crippen molar-refractivity contribution in [2.24, 2.45) is 0 Å². The van der Waals surface area contributed by atoms with E-state index in [1.807, 2.05) is 17.6 Å². The average molecular weight is 305 g/mol. The van der Waals surface area contributed by atoms with Crippen LogP contribution in [0.3, 0.4) is 0 Å². The number of piperidine rings is 1. The molecule has 1 atom stereocenters. The van der Waals surface area contributed by atoms with Crippen molar-refractivity contribution < 1.29 is 9.53 Å². The van der Waals surface area contributed by atoms with Crippen LogP contribution in [0.25, 0.3) is 0 Å². The third kappa shape index (κ3) is 3.01. The number of carbonyl (C=O) groups is 1. The number of ether oxygens (including phenoxy) is 1. The molecule has 1 aliphatic heterocycles. The van der Waals surface area contributed by atoms with Gasteiger partial charge in [0.25, 0.3) is 0 Å². The molecule has 0 radical (unpaired) electrons. The first-order valence-electron chi connectivity index (χ1n) is 7.17. The van der Waals surface area contributed by atoms with Crippen LogP contribution in [0, 0.1) is 0 Å². The molecule has 2 aromatic heterocycles. The maximum atomic E-state index is 11.8. The molecule has 3 heterocycles. The van der Waals surface area contributed by atoms with E-state index in [0.29, 0.717) is 10.9 Å².